The summed E-state index contributed by atoms with van der Waals surface area (Å²) in [6.45, 7) is 14.4. The predicted octanol–water partition coefficient (Wildman–Crippen LogP) is 11.4. The second-order valence-electron chi connectivity index (χ2n) is 17.4. The average molecular weight is 672 g/mol. The summed E-state index contributed by atoms with van der Waals surface area (Å²) in [6, 6.07) is 21.9. The van der Waals surface area contributed by atoms with Crippen LogP contribution in [0.15, 0.2) is 72.1 Å². The van der Waals surface area contributed by atoms with Crippen LogP contribution in [-0.2, 0) is 14.0 Å². The van der Waals surface area contributed by atoms with Crippen LogP contribution >= 0.6 is 0 Å². The minimum atomic E-state index is -1.37. The van der Waals surface area contributed by atoms with Gasteiger partial charge in [-0.1, -0.05) is 102 Å². The van der Waals surface area contributed by atoms with E-state index in [1.807, 2.05) is 0 Å². The zero-order chi connectivity index (χ0) is 34.3. The summed E-state index contributed by atoms with van der Waals surface area (Å²) in [5.74, 6) is 2.31. The molecule has 1 radical (unpaired) electrons. The van der Waals surface area contributed by atoms with Crippen molar-refractivity contribution in [1.29, 1.82) is 0 Å². The van der Waals surface area contributed by atoms with Gasteiger partial charge in [-0.15, -0.1) is 0 Å². The lowest BCUT2D eigenvalue weighted by molar-refractivity contribution is -0.140. The number of hydrogen-bond donors (Lipinski definition) is 0. The molecule has 8 atom stereocenters. The van der Waals surface area contributed by atoms with Gasteiger partial charge in [0.25, 0.3) is 0 Å². The van der Waals surface area contributed by atoms with E-state index in [9.17, 15) is 4.79 Å². The molecule has 261 valence electrons. The zero-order valence-corrected chi connectivity index (χ0v) is 31.7. The Bertz CT molecular complexity index is 1400. The number of esters is 1. The fraction of sp³-hybridized carbons (Fsp3) is 0.651. The summed E-state index contributed by atoms with van der Waals surface area (Å²) < 4.78 is 29.0. The van der Waals surface area contributed by atoms with Crippen LogP contribution < -0.4 is 0 Å². The number of carbonyl (C=O) groups is 1. The Morgan fingerprint density at radius 2 is 1.52 bits per heavy atom. The van der Waals surface area contributed by atoms with Crippen molar-refractivity contribution < 1.29 is 18.3 Å². The molecule has 2 aromatic carbocycles. The number of fused-ring (bicyclic) bond motifs is 5. The molecule has 0 amide bonds. The Labute approximate surface area is 292 Å². The Morgan fingerprint density at radius 3 is 2.12 bits per heavy atom. The van der Waals surface area contributed by atoms with Crippen molar-refractivity contribution in [3.8, 4) is 0 Å². The lowest BCUT2D eigenvalue weighted by atomic mass is 9.47. The third-order valence-corrected chi connectivity index (χ3v) is 16.9. The maximum absolute atomic E-state index is 16.7. The molecular weight excluding hydrogens is 612 g/mol. The highest BCUT2D eigenvalue weighted by atomic mass is 28.3. The molecular formula is C43H60FO3Si. The number of hydrogen-bond acceptors (Lipinski definition) is 3. The van der Waals surface area contributed by atoms with Crippen LogP contribution in [0.5, 0.6) is 0 Å². The van der Waals surface area contributed by atoms with Crippen molar-refractivity contribution in [3.05, 3.63) is 83.2 Å². The SMILES string of the molecule is COC(=O)CCC[C@@H](C)[C@H]1CC[C@H]2C3=C(F)C[C@H]4C[C@@H](O[Si](C(c5ccccc5)c5ccccc5)C(C)(C)C)CC[C@]4(C)[C@H]3CC[C@]12C. The lowest BCUT2D eigenvalue weighted by Gasteiger charge is -2.58. The van der Waals surface area contributed by atoms with E-state index in [-0.39, 0.29) is 39.3 Å². The van der Waals surface area contributed by atoms with Gasteiger partial charge in [-0.05, 0) is 120 Å². The minimum absolute atomic E-state index is 0.0237. The average Bonchev–Trinajstić information content (AvgIpc) is 3.42. The molecule has 6 rings (SSSR count). The maximum atomic E-state index is 16.7. The topological polar surface area (TPSA) is 35.5 Å². The number of rotatable bonds is 10. The fourth-order valence-corrected chi connectivity index (χ4v) is 14.0. The van der Waals surface area contributed by atoms with Gasteiger partial charge < -0.3 is 9.16 Å². The van der Waals surface area contributed by atoms with Gasteiger partial charge in [0.2, 0.25) is 9.04 Å². The van der Waals surface area contributed by atoms with Crippen LogP contribution in [-0.4, -0.2) is 28.2 Å². The van der Waals surface area contributed by atoms with Crippen molar-refractivity contribution in [2.75, 3.05) is 7.11 Å². The van der Waals surface area contributed by atoms with Crippen molar-refractivity contribution in [2.24, 2.45) is 40.4 Å². The van der Waals surface area contributed by atoms with E-state index in [0.717, 1.165) is 44.9 Å². The maximum Gasteiger partial charge on any atom is 0.305 e. The van der Waals surface area contributed by atoms with Crippen molar-refractivity contribution in [1.82, 2.24) is 0 Å². The summed E-state index contributed by atoms with van der Waals surface area (Å²) in [4.78, 5) is 11.7. The van der Waals surface area contributed by atoms with Crippen LogP contribution in [0.2, 0.25) is 5.04 Å². The Balaban J connectivity index is 1.20. The summed E-state index contributed by atoms with van der Waals surface area (Å²) in [6.07, 6.45) is 11.0. The van der Waals surface area contributed by atoms with Gasteiger partial charge in [-0.2, -0.15) is 0 Å². The van der Waals surface area contributed by atoms with Gasteiger partial charge in [0.05, 0.1) is 7.11 Å². The molecule has 3 saturated carbocycles. The molecule has 0 bridgehead atoms. The summed E-state index contributed by atoms with van der Waals surface area (Å²) in [5, 5.41) is 0.0237. The molecule has 3 nitrogen and oxygen atoms in total. The first-order valence-corrected chi connectivity index (χ1v) is 20.4. The van der Waals surface area contributed by atoms with Crippen molar-refractivity contribution >= 4 is 15.0 Å². The van der Waals surface area contributed by atoms with Crippen LogP contribution in [0.25, 0.3) is 0 Å². The van der Waals surface area contributed by atoms with E-state index in [2.05, 4.69) is 102 Å². The Kier molecular flexibility index (Phi) is 10.5. The highest BCUT2D eigenvalue weighted by Gasteiger charge is 2.60. The van der Waals surface area contributed by atoms with Crippen LogP contribution in [0, 0.1) is 40.4 Å². The molecule has 3 fully saturated rings. The fourth-order valence-electron chi connectivity index (χ4n) is 11.1. The van der Waals surface area contributed by atoms with E-state index in [1.54, 1.807) is 0 Å². The number of benzene rings is 2. The van der Waals surface area contributed by atoms with Gasteiger partial charge >= 0.3 is 5.97 Å². The molecule has 48 heavy (non-hydrogen) atoms. The highest BCUT2D eigenvalue weighted by Crippen LogP contribution is 2.68. The lowest BCUT2D eigenvalue weighted by Crippen LogP contribution is -2.52. The van der Waals surface area contributed by atoms with E-state index in [1.165, 1.54) is 36.7 Å². The van der Waals surface area contributed by atoms with Crippen molar-refractivity contribution in [3.63, 3.8) is 0 Å². The molecule has 0 saturated heterocycles. The van der Waals surface area contributed by atoms with Gasteiger partial charge in [0.15, 0.2) is 0 Å². The first-order valence-electron chi connectivity index (χ1n) is 19.0. The van der Waals surface area contributed by atoms with Gasteiger partial charge in [-0.3, -0.25) is 4.79 Å². The Hall–Kier alpha value is -2.24. The van der Waals surface area contributed by atoms with E-state index in [4.69, 9.17) is 9.16 Å². The third-order valence-electron chi connectivity index (χ3n) is 13.7. The zero-order valence-electron chi connectivity index (χ0n) is 30.7. The first kappa shape index (κ1) is 35.6. The molecule has 0 aliphatic heterocycles. The van der Waals surface area contributed by atoms with Crippen LogP contribution in [0.1, 0.15) is 129 Å². The molecule has 0 spiro atoms. The molecule has 0 aromatic heterocycles. The number of carbonyl (C=O) groups excluding carboxylic acids is 1. The summed E-state index contributed by atoms with van der Waals surface area (Å²) in [7, 11) is 0.100. The highest BCUT2D eigenvalue weighted by molar-refractivity contribution is 6.58. The number of halogens is 1. The van der Waals surface area contributed by atoms with Gasteiger partial charge in [0, 0.05) is 24.5 Å². The third kappa shape index (κ3) is 6.76. The monoisotopic (exact) mass is 671 g/mol. The molecule has 5 heteroatoms. The molecule has 2 aromatic rings. The quantitative estimate of drug-likeness (QED) is 0.186. The van der Waals surface area contributed by atoms with Crippen LogP contribution in [0.3, 0.4) is 0 Å². The summed E-state index contributed by atoms with van der Waals surface area (Å²) in [5.41, 5.74) is 4.42. The van der Waals surface area contributed by atoms with Crippen LogP contribution in [0.4, 0.5) is 4.39 Å². The predicted molar refractivity (Wildman–Crippen MR) is 195 cm³/mol. The second kappa shape index (κ2) is 14.2. The Morgan fingerprint density at radius 1 is 0.917 bits per heavy atom. The van der Waals surface area contributed by atoms with Gasteiger partial charge in [-0.25, -0.2) is 4.39 Å². The minimum Gasteiger partial charge on any atom is -0.469 e. The normalized spacial score (nSPS) is 32.5. The molecule has 0 unspecified atom stereocenters. The standard InChI is InChI=1S/C43H60FO3Si/c1-29(15-14-20-38(45)46-7)34-21-22-35-39-36(24-26-43(34,35)6)42(5)25-23-33(27-32(42)28-37(39)44)47-48(41(2,3)4)40(30-16-10-8-11-17-30)31-18-12-9-13-19-31/h8-13,16-19,29,32-36,40H,14-15,20-28H2,1-7H3/t29-,32-,33+,34-,35+,36+,42+,43-/m1/s1. The first-order chi connectivity index (χ1) is 22.9. The number of methoxy groups -OCH3 is 1. The van der Waals surface area contributed by atoms with E-state index in [0.29, 0.717) is 42.4 Å². The summed E-state index contributed by atoms with van der Waals surface area (Å²) >= 11 is 0. The molecule has 4 aliphatic carbocycles. The number of ether oxygens (including phenoxy) is 1. The van der Waals surface area contributed by atoms with E-state index < -0.39 is 9.04 Å². The van der Waals surface area contributed by atoms with E-state index >= 15 is 4.39 Å². The largest absolute Gasteiger partial charge is 0.469 e. The molecule has 4 aliphatic rings. The number of allylic oxidation sites excluding steroid dienone is 2. The van der Waals surface area contributed by atoms with Crippen molar-refractivity contribution in [2.45, 2.75) is 129 Å². The van der Waals surface area contributed by atoms with Gasteiger partial charge in [0.1, 0.15) is 5.83 Å². The molecule has 0 N–H and O–H groups in total. The smallest absolute Gasteiger partial charge is 0.305 e. The molecule has 0 heterocycles. The second-order valence-corrected chi connectivity index (χ2v) is 20.5.